The molecule has 0 bridgehead atoms. The van der Waals surface area contributed by atoms with Crippen LogP contribution in [0.4, 0.5) is 5.69 Å². The highest BCUT2D eigenvalue weighted by Crippen LogP contribution is 2.46. The Hall–Kier alpha value is -1.71. The van der Waals surface area contributed by atoms with Gasteiger partial charge in [0.15, 0.2) is 0 Å². The van der Waals surface area contributed by atoms with Gasteiger partial charge in [0.25, 0.3) is 0 Å². The van der Waals surface area contributed by atoms with Crippen molar-refractivity contribution in [1.29, 1.82) is 0 Å². The summed E-state index contributed by atoms with van der Waals surface area (Å²) in [6.45, 7) is 8.83. The van der Waals surface area contributed by atoms with Crippen molar-refractivity contribution in [2.45, 2.75) is 70.9 Å². The van der Waals surface area contributed by atoms with Crippen LogP contribution >= 0.6 is 0 Å². The van der Waals surface area contributed by atoms with Gasteiger partial charge >= 0.3 is 5.97 Å². The highest BCUT2D eigenvalue weighted by Gasteiger charge is 2.42. The van der Waals surface area contributed by atoms with Gasteiger partial charge in [0.05, 0.1) is 14.2 Å². The fraction of sp³-hybridized carbons (Fsp3) is 0.650. The second kappa shape index (κ2) is 7.45. The lowest BCUT2D eigenvalue weighted by Gasteiger charge is -2.50. The molecule has 1 aromatic carbocycles. The van der Waals surface area contributed by atoms with Crippen LogP contribution in [-0.4, -0.2) is 31.8 Å². The molecule has 0 fully saturated rings. The first-order chi connectivity index (χ1) is 11.4. The number of benzene rings is 1. The third-order valence-electron chi connectivity index (χ3n) is 5.10. The molecule has 1 aliphatic rings. The fourth-order valence-corrected chi connectivity index (χ4v) is 4.04. The van der Waals surface area contributed by atoms with Crippen LogP contribution in [0.15, 0.2) is 18.2 Å². The Balaban J connectivity index is 2.55. The van der Waals surface area contributed by atoms with Gasteiger partial charge in [-0.15, -0.1) is 0 Å². The Labute approximate surface area is 146 Å². The van der Waals surface area contributed by atoms with Gasteiger partial charge in [-0.25, -0.2) is 4.79 Å². The maximum absolute atomic E-state index is 12.6. The van der Waals surface area contributed by atoms with Gasteiger partial charge in [0.1, 0.15) is 11.8 Å². The SMILES string of the molecule is CCCC[C@@H](C(=O)OC)N1c2cc(OC)ccc2[C@H](C)CC1(C)C. The molecule has 4 nitrogen and oxygen atoms in total. The molecule has 0 radical (unpaired) electrons. The van der Waals surface area contributed by atoms with Crippen LogP contribution < -0.4 is 9.64 Å². The van der Waals surface area contributed by atoms with Crippen LogP contribution in [0, 0.1) is 0 Å². The molecule has 0 aliphatic carbocycles. The first-order valence-corrected chi connectivity index (χ1v) is 8.90. The summed E-state index contributed by atoms with van der Waals surface area (Å²) >= 11 is 0. The Morgan fingerprint density at radius 3 is 2.67 bits per heavy atom. The van der Waals surface area contributed by atoms with Gasteiger partial charge in [0, 0.05) is 17.3 Å². The molecule has 1 aromatic rings. The molecule has 24 heavy (non-hydrogen) atoms. The second-order valence-corrected chi connectivity index (χ2v) is 7.39. The quantitative estimate of drug-likeness (QED) is 0.718. The molecule has 0 aromatic heterocycles. The summed E-state index contributed by atoms with van der Waals surface area (Å²) in [7, 11) is 3.16. The largest absolute Gasteiger partial charge is 0.497 e. The van der Waals surface area contributed by atoms with Crippen LogP contribution in [0.2, 0.25) is 0 Å². The van der Waals surface area contributed by atoms with Crippen molar-refractivity contribution in [1.82, 2.24) is 0 Å². The van der Waals surface area contributed by atoms with E-state index in [1.807, 2.05) is 6.07 Å². The van der Waals surface area contributed by atoms with Crippen LogP contribution in [0.25, 0.3) is 0 Å². The van der Waals surface area contributed by atoms with Crippen molar-refractivity contribution in [2.24, 2.45) is 0 Å². The van der Waals surface area contributed by atoms with E-state index in [4.69, 9.17) is 9.47 Å². The van der Waals surface area contributed by atoms with Crippen LogP contribution in [-0.2, 0) is 9.53 Å². The fourth-order valence-electron chi connectivity index (χ4n) is 4.04. The number of nitrogens with zero attached hydrogens (tertiary/aromatic N) is 1. The van der Waals surface area contributed by atoms with E-state index in [2.05, 4.69) is 44.7 Å². The lowest BCUT2D eigenvalue weighted by molar-refractivity contribution is -0.142. The summed E-state index contributed by atoms with van der Waals surface area (Å²) in [5, 5.41) is 0. The first kappa shape index (κ1) is 18.6. The molecule has 0 spiro atoms. The smallest absolute Gasteiger partial charge is 0.328 e. The van der Waals surface area contributed by atoms with Crippen molar-refractivity contribution >= 4 is 11.7 Å². The van der Waals surface area contributed by atoms with E-state index < -0.39 is 0 Å². The minimum absolute atomic E-state index is 0.120. The third kappa shape index (κ3) is 3.52. The maximum Gasteiger partial charge on any atom is 0.328 e. The lowest BCUT2D eigenvalue weighted by Crippen LogP contribution is -2.56. The van der Waals surface area contributed by atoms with Crippen molar-refractivity contribution < 1.29 is 14.3 Å². The number of hydrogen-bond acceptors (Lipinski definition) is 4. The number of fused-ring (bicyclic) bond motifs is 1. The molecule has 0 unspecified atom stereocenters. The normalized spacial score (nSPS) is 20.2. The van der Waals surface area contributed by atoms with E-state index in [0.29, 0.717) is 5.92 Å². The first-order valence-electron chi connectivity index (χ1n) is 8.90. The molecular formula is C20H31NO3. The Bertz CT molecular complexity index is 582. The summed E-state index contributed by atoms with van der Waals surface area (Å²) in [4.78, 5) is 14.8. The van der Waals surface area contributed by atoms with E-state index in [-0.39, 0.29) is 17.6 Å². The van der Waals surface area contributed by atoms with Crippen molar-refractivity contribution in [3.8, 4) is 5.75 Å². The average Bonchev–Trinajstić information content (AvgIpc) is 2.55. The van der Waals surface area contributed by atoms with Crippen LogP contribution in [0.3, 0.4) is 0 Å². The van der Waals surface area contributed by atoms with E-state index in [9.17, 15) is 4.79 Å². The number of anilines is 1. The monoisotopic (exact) mass is 333 g/mol. The molecule has 4 heteroatoms. The summed E-state index contributed by atoms with van der Waals surface area (Å²) in [6, 6.07) is 5.94. The number of rotatable bonds is 6. The zero-order valence-electron chi connectivity index (χ0n) is 15.9. The Morgan fingerprint density at radius 1 is 1.38 bits per heavy atom. The Morgan fingerprint density at radius 2 is 2.08 bits per heavy atom. The Kier molecular flexibility index (Phi) is 5.79. The number of esters is 1. The third-order valence-corrected chi connectivity index (χ3v) is 5.10. The van der Waals surface area contributed by atoms with E-state index in [1.165, 1.54) is 12.7 Å². The number of carbonyl (C=O) groups is 1. The molecular weight excluding hydrogens is 302 g/mol. The van der Waals surface area contributed by atoms with Gasteiger partial charge < -0.3 is 14.4 Å². The number of methoxy groups -OCH3 is 2. The van der Waals surface area contributed by atoms with Gasteiger partial charge in [-0.2, -0.15) is 0 Å². The number of hydrogen-bond donors (Lipinski definition) is 0. The topological polar surface area (TPSA) is 38.8 Å². The molecule has 0 amide bonds. The zero-order chi connectivity index (χ0) is 17.9. The van der Waals surface area contributed by atoms with Crippen LogP contribution in [0.5, 0.6) is 5.75 Å². The molecule has 1 heterocycles. The molecule has 134 valence electrons. The lowest BCUT2D eigenvalue weighted by atomic mass is 9.78. The predicted molar refractivity (Wildman–Crippen MR) is 97.9 cm³/mol. The van der Waals surface area contributed by atoms with Crippen LogP contribution in [0.1, 0.15) is 64.9 Å². The highest BCUT2D eigenvalue weighted by atomic mass is 16.5. The van der Waals surface area contributed by atoms with Crippen molar-refractivity contribution in [2.75, 3.05) is 19.1 Å². The van der Waals surface area contributed by atoms with E-state index in [1.54, 1.807) is 7.11 Å². The number of unbranched alkanes of at least 4 members (excludes halogenated alkanes) is 1. The molecule has 2 atom stereocenters. The summed E-state index contributed by atoms with van der Waals surface area (Å²) in [6.07, 6.45) is 3.87. The molecule has 0 saturated heterocycles. The van der Waals surface area contributed by atoms with Crippen molar-refractivity contribution in [3.63, 3.8) is 0 Å². The molecule has 2 rings (SSSR count). The summed E-state index contributed by atoms with van der Waals surface area (Å²) in [5.41, 5.74) is 2.26. The number of ether oxygens (including phenoxy) is 2. The van der Waals surface area contributed by atoms with E-state index >= 15 is 0 Å². The summed E-state index contributed by atoms with van der Waals surface area (Å²) < 4.78 is 10.6. The molecule has 0 N–H and O–H groups in total. The maximum atomic E-state index is 12.6. The van der Waals surface area contributed by atoms with E-state index in [0.717, 1.165) is 37.1 Å². The number of carbonyl (C=O) groups excluding carboxylic acids is 1. The molecule has 0 saturated carbocycles. The highest BCUT2D eigenvalue weighted by molar-refractivity contribution is 5.82. The second-order valence-electron chi connectivity index (χ2n) is 7.39. The zero-order valence-corrected chi connectivity index (χ0v) is 15.9. The van der Waals surface area contributed by atoms with Gasteiger partial charge in [-0.05, 0) is 44.2 Å². The minimum atomic E-state index is -0.261. The van der Waals surface area contributed by atoms with Gasteiger partial charge in [-0.3, -0.25) is 0 Å². The van der Waals surface area contributed by atoms with Crippen molar-refractivity contribution in [3.05, 3.63) is 23.8 Å². The predicted octanol–water partition coefficient (Wildman–Crippen LogP) is 4.52. The van der Waals surface area contributed by atoms with Gasteiger partial charge in [-0.1, -0.05) is 32.8 Å². The standard InChI is InChI=1S/C20H31NO3/c1-7-8-9-17(19(22)24-6)21-18-12-15(23-5)10-11-16(18)14(2)13-20(21,3)4/h10-12,14,17H,7-9,13H2,1-6H3/t14-,17+/m1/s1. The van der Waals surface area contributed by atoms with Gasteiger partial charge in [0.2, 0.25) is 0 Å². The molecule has 1 aliphatic heterocycles. The average molecular weight is 333 g/mol. The minimum Gasteiger partial charge on any atom is -0.497 e. The summed E-state index contributed by atoms with van der Waals surface area (Å²) in [5.74, 6) is 1.12.